The zero-order valence-electron chi connectivity index (χ0n) is 22.4. The second-order valence-corrected chi connectivity index (χ2v) is 10.2. The van der Waals surface area contributed by atoms with E-state index >= 15 is 0 Å². The summed E-state index contributed by atoms with van der Waals surface area (Å²) in [6, 6.07) is 5.38. The highest BCUT2D eigenvalue weighted by molar-refractivity contribution is 6.05. The van der Waals surface area contributed by atoms with Crippen molar-refractivity contribution in [2.45, 2.75) is 64.6 Å². The lowest BCUT2D eigenvalue weighted by Crippen LogP contribution is -2.55. The summed E-state index contributed by atoms with van der Waals surface area (Å²) in [5, 5.41) is 30.9. The van der Waals surface area contributed by atoms with Crippen molar-refractivity contribution in [3.05, 3.63) is 35.7 Å². The van der Waals surface area contributed by atoms with Crippen molar-refractivity contribution in [1.29, 1.82) is 0 Å². The van der Waals surface area contributed by atoms with Gasteiger partial charge in [-0.15, -0.1) is 10.2 Å². The maximum atomic E-state index is 13.4. The highest BCUT2D eigenvalue weighted by Gasteiger charge is 2.41. The number of H-pyrrole nitrogens is 1. The average molecular weight is 555 g/mol. The van der Waals surface area contributed by atoms with Crippen LogP contribution in [-0.4, -0.2) is 74.0 Å². The van der Waals surface area contributed by atoms with Crippen LogP contribution in [0.2, 0.25) is 0 Å². The Labute approximate surface area is 230 Å². The quantitative estimate of drug-likeness (QED) is 0.252. The molecule has 5 atom stereocenters. The number of carboxylic acid groups (broad SMARTS) is 1. The molecule has 2 aliphatic rings. The van der Waals surface area contributed by atoms with Crippen LogP contribution in [0.5, 0.6) is 0 Å². The van der Waals surface area contributed by atoms with Gasteiger partial charge < -0.3 is 21.1 Å². The van der Waals surface area contributed by atoms with Gasteiger partial charge in [-0.1, -0.05) is 50.1 Å². The van der Waals surface area contributed by atoms with Gasteiger partial charge in [0.05, 0.1) is 24.9 Å². The Morgan fingerprint density at radius 3 is 2.55 bits per heavy atom. The largest absolute Gasteiger partial charge is 0.481 e. The van der Waals surface area contributed by atoms with Gasteiger partial charge in [0.15, 0.2) is 5.82 Å². The van der Waals surface area contributed by atoms with Crippen molar-refractivity contribution < 1.29 is 29.1 Å². The van der Waals surface area contributed by atoms with Crippen LogP contribution in [0.15, 0.2) is 24.3 Å². The SMILES string of the molecule is CCC(C)C(NC(=O)[C@@H]1CCC[C@H]1C(=O)O)C(=O)NCC(=O)N1c2ccccc2C[C@H]1C(=O)NCc1nn[nH]n1. The van der Waals surface area contributed by atoms with Crippen LogP contribution in [0, 0.1) is 17.8 Å². The van der Waals surface area contributed by atoms with E-state index in [1.54, 1.807) is 19.1 Å². The van der Waals surface area contributed by atoms with Gasteiger partial charge in [-0.3, -0.25) is 28.9 Å². The lowest BCUT2D eigenvalue weighted by Gasteiger charge is -2.27. The van der Waals surface area contributed by atoms with Gasteiger partial charge in [0.1, 0.15) is 12.1 Å². The number of amides is 4. The second kappa shape index (κ2) is 12.7. The van der Waals surface area contributed by atoms with Gasteiger partial charge in [0, 0.05) is 12.1 Å². The lowest BCUT2D eigenvalue weighted by atomic mass is 9.93. The van der Waals surface area contributed by atoms with Crippen LogP contribution in [0.3, 0.4) is 0 Å². The third-order valence-electron chi connectivity index (χ3n) is 7.73. The predicted octanol–water partition coefficient (Wildman–Crippen LogP) is -0.0782. The Hall–Kier alpha value is -4.36. The third-order valence-corrected chi connectivity index (χ3v) is 7.73. The molecule has 0 spiro atoms. The first-order valence-corrected chi connectivity index (χ1v) is 13.4. The van der Waals surface area contributed by atoms with Crippen molar-refractivity contribution in [2.75, 3.05) is 11.4 Å². The van der Waals surface area contributed by atoms with E-state index in [0.29, 0.717) is 43.6 Å². The number of anilines is 1. The van der Waals surface area contributed by atoms with Crippen molar-refractivity contribution in [3.8, 4) is 0 Å². The number of benzene rings is 1. The Balaban J connectivity index is 1.42. The molecule has 4 rings (SSSR count). The minimum Gasteiger partial charge on any atom is -0.481 e. The second-order valence-electron chi connectivity index (χ2n) is 10.2. The van der Waals surface area contributed by atoms with Crippen molar-refractivity contribution >= 4 is 35.3 Å². The fraction of sp³-hybridized carbons (Fsp3) is 0.538. The van der Waals surface area contributed by atoms with Crippen molar-refractivity contribution in [1.82, 2.24) is 36.6 Å². The van der Waals surface area contributed by atoms with Gasteiger partial charge in [-0.2, -0.15) is 5.21 Å². The summed E-state index contributed by atoms with van der Waals surface area (Å²) in [6.07, 6.45) is 2.36. The molecule has 1 aromatic carbocycles. The van der Waals surface area contributed by atoms with Crippen LogP contribution >= 0.6 is 0 Å². The number of tetrazole rings is 1. The average Bonchev–Trinajstić information content (AvgIpc) is 3.72. The highest BCUT2D eigenvalue weighted by atomic mass is 16.4. The zero-order valence-corrected chi connectivity index (χ0v) is 22.4. The molecular formula is C26H34N8O6. The fourth-order valence-corrected chi connectivity index (χ4v) is 5.33. The number of nitrogens with zero attached hydrogens (tertiary/aromatic N) is 4. The molecule has 1 saturated carbocycles. The first-order valence-electron chi connectivity index (χ1n) is 13.4. The van der Waals surface area contributed by atoms with E-state index in [9.17, 15) is 29.1 Å². The maximum absolute atomic E-state index is 13.4. The van der Waals surface area contributed by atoms with Crippen LogP contribution in [0.4, 0.5) is 5.69 Å². The van der Waals surface area contributed by atoms with Gasteiger partial charge in [-0.05, 0) is 30.4 Å². The first kappa shape index (κ1) is 28.6. The maximum Gasteiger partial charge on any atom is 0.307 e. The number of rotatable bonds is 11. The Morgan fingerprint density at radius 2 is 1.85 bits per heavy atom. The molecule has 1 aliphatic heterocycles. The van der Waals surface area contributed by atoms with E-state index < -0.39 is 60.1 Å². The van der Waals surface area contributed by atoms with Crippen LogP contribution in [0.25, 0.3) is 0 Å². The zero-order chi connectivity index (χ0) is 28.8. The first-order chi connectivity index (χ1) is 19.2. The number of hydrogen-bond donors (Lipinski definition) is 5. The molecule has 0 bridgehead atoms. The molecule has 1 fully saturated rings. The third kappa shape index (κ3) is 6.26. The van der Waals surface area contributed by atoms with Gasteiger partial charge in [0.2, 0.25) is 23.6 Å². The van der Waals surface area contributed by atoms with Crippen molar-refractivity contribution in [3.63, 3.8) is 0 Å². The smallest absolute Gasteiger partial charge is 0.307 e. The van der Waals surface area contributed by atoms with Gasteiger partial charge in [-0.25, -0.2) is 0 Å². The number of aromatic nitrogens is 4. The minimum atomic E-state index is -1.02. The van der Waals surface area contributed by atoms with E-state index in [1.165, 1.54) is 4.90 Å². The molecule has 14 heteroatoms. The van der Waals surface area contributed by atoms with Crippen LogP contribution in [-0.2, 0) is 36.9 Å². The molecule has 0 saturated heterocycles. The molecule has 2 heterocycles. The van der Waals surface area contributed by atoms with E-state index in [1.807, 2.05) is 19.1 Å². The molecule has 1 aliphatic carbocycles. The molecule has 0 radical (unpaired) electrons. The van der Waals surface area contributed by atoms with Gasteiger partial charge >= 0.3 is 5.97 Å². The molecule has 1 aromatic heterocycles. The number of fused-ring (bicyclic) bond motifs is 1. The summed E-state index contributed by atoms with van der Waals surface area (Å²) in [5.41, 5.74) is 1.39. The summed E-state index contributed by atoms with van der Waals surface area (Å²) in [6.45, 7) is 3.31. The molecule has 40 heavy (non-hydrogen) atoms. The minimum absolute atomic E-state index is 0.0287. The Bertz CT molecular complexity index is 1250. The van der Waals surface area contributed by atoms with Crippen LogP contribution < -0.4 is 20.9 Å². The predicted molar refractivity (Wildman–Crippen MR) is 140 cm³/mol. The molecule has 14 nitrogen and oxygen atoms in total. The van der Waals surface area contributed by atoms with Gasteiger partial charge in [0.25, 0.3) is 0 Å². The molecule has 214 valence electrons. The summed E-state index contributed by atoms with van der Waals surface area (Å²) in [7, 11) is 0. The van der Waals surface area contributed by atoms with E-state index in [-0.39, 0.29) is 12.5 Å². The number of aromatic amines is 1. The summed E-state index contributed by atoms with van der Waals surface area (Å²) >= 11 is 0. The number of carbonyl (C=O) groups is 5. The van der Waals surface area contributed by atoms with E-state index in [4.69, 9.17) is 0 Å². The fourth-order valence-electron chi connectivity index (χ4n) is 5.33. The van der Waals surface area contributed by atoms with Crippen molar-refractivity contribution in [2.24, 2.45) is 17.8 Å². The van der Waals surface area contributed by atoms with Crippen LogP contribution in [0.1, 0.15) is 50.9 Å². The van der Waals surface area contributed by atoms with E-state index in [0.717, 1.165) is 5.56 Å². The lowest BCUT2D eigenvalue weighted by molar-refractivity contribution is -0.146. The normalized spacial score (nSPS) is 21.2. The molecular weight excluding hydrogens is 520 g/mol. The number of carbonyl (C=O) groups excluding carboxylic acids is 4. The highest BCUT2D eigenvalue weighted by Crippen LogP contribution is 2.33. The number of para-hydroxylation sites is 1. The summed E-state index contributed by atoms with van der Waals surface area (Å²) in [4.78, 5) is 65.5. The molecule has 2 unspecified atom stereocenters. The van der Waals surface area contributed by atoms with E-state index in [2.05, 4.69) is 36.6 Å². The Morgan fingerprint density at radius 1 is 1.10 bits per heavy atom. The number of carboxylic acids is 1. The monoisotopic (exact) mass is 554 g/mol. The molecule has 2 aromatic rings. The summed E-state index contributed by atoms with van der Waals surface area (Å²) < 4.78 is 0. The number of nitrogens with one attached hydrogen (secondary N) is 4. The molecule has 4 amide bonds. The topological polar surface area (TPSA) is 199 Å². The standard InChI is InChI=1S/C26H34N8O6/c1-3-14(2)22(29-23(36)16-8-6-9-17(16)26(39)40)25(38)28-13-21(35)34-18-10-5-4-7-15(18)11-19(34)24(37)27-12-20-30-32-33-31-20/h4-5,7,10,14,16-17,19,22H,3,6,8-9,11-13H2,1-2H3,(H,27,37)(H,28,38)(H,29,36)(H,39,40)(H,30,31,32,33)/t14?,16-,17-,19+,22?/m1/s1. The Kier molecular flexibility index (Phi) is 9.07. The number of aliphatic carboxylic acids is 1. The number of hydrogen-bond acceptors (Lipinski definition) is 8. The molecule has 5 N–H and O–H groups in total. The summed E-state index contributed by atoms with van der Waals surface area (Å²) in [5.74, 6) is -4.39.